The van der Waals surface area contributed by atoms with Crippen molar-refractivity contribution >= 4 is 29.9 Å². The maximum Gasteiger partial charge on any atom is 0.191 e. The van der Waals surface area contributed by atoms with Crippen LogP contribution in [0, 0.1) is 6.92 Å². The number of aryl methyl sites for hydroxylation is 1. The Morgan fingerprint density at radius 3 is 2.52 bits per heavy atom. The van der Waals surface area contributed by atoms with Crippen LogP contribution in [0.25, 0.3) is 0 Å². The van der Waals surface area contributed by atoms with Crippen LogP contribution in [0.2, 0.25) is 0 Å². The molecule has 0 amide bonds. The molecule has 1 fully saturated rings. The smallest absolute Gasteiger partial charge is 0.191 e. The van der Waals surface area contributed by atoms with Gasteiger partial charge in [-0.2, -0.15) is 5.10 Å². The first kappa shape index (κ1) is 23.5. The second kappa shape index (κ2) is 12.0. The van der Waals surface area contributed by atoms with Crippen molar-refractivity contribution in [3.8, 4) is 5.75 Å². The Labute approximate surface area is 190 Å². The van der Waals surface area contributed by atoms with Crippen LogP contribution in [0.15, 0.2) is 41.7 Å². The Balaban J connectivity index is 0.00000300. The number of hydrogen-bond acceptors (Lipinski definition) is 4. The zero-order chi connectivity index (χ0) is 19.8. The molecule has 1 aromatic carbocycles. The number of aromatic nitrogens is 2. The number of nitrogens with zero attached hydrogens (tertiary/aromatic N) is 4. The van der Waals surface area contributed by atoms with Gasteiger partial charge in [0.05, 0.1) is 25.9 Å². The van der Waals surface area contributed by atoms with E-state index in [4.69, 9.17) is 4.74 Å². The van der Waals surface area contributed by atoms with Crippen molar-refractivity contribution in [3.05, 3.63) is 47.8 Å². The van der Waals surface area contributed by atoms with Crippen LogP contribution in [0.4, 0.5) is 0 Å². The van der Waals surface area contributed by atoms with E-state index in [1.807, 2.05) is 36.3 Å². The Hall–Kier alpha value is -1.81. The highest BCUT2D eigenvalue weighted by Gasteiger charge is 2.23. The van der Waals surface area contributed by atoms with Gasteiger partial charge in [0.15, 0.2) is 5.96 Å². The molecular weight excluding hydrogens is 479 g/mol. The van der Waals surface area contributed by atoms with Crippen LogP contribution < -0.4 is 15.4 Å². The molecule has 0 bridgehead atoms. The quantitative estimate of drug-likeness (QED) is 0.324. The zero-order valence-electron chi connectivity index (χ0n) is 17.6. The number of halogens is 1. The van der Waals surface area contributed by atoms with E-state index in [-0.39, 0.29) is 24.0 Å². The average molecular weight is 512 g/mol. The van der Waals surface area contributed by atoms with Gasteiger partial charge in [0.1, 0.15) is 5.75 Å². The number of rotatable bonds is 8. The number of ether oxygens (including phenoxy) is 1. The van der Waals surface area contributed by atoms with E-state index >= 15 is 0 Å². The number of aliphatic imine (C=N–C) groups is 1. The number of guanidine groups is 1. The summed E-state index contributed by atoms with van der Waals surface area (Å²) in [6.07, 6.45) is 6.46. The van der Waals surface area contributed by atoms with E-state index in [0.29, 0.717) is 6.04 Å². The third kappa shape index (κ3) is 6.88. The first-order valence-electron chi connectivity index (χ1n) is 10.0. The molecule has 0 saturated carbocycles. The highest BCUT2D eigenvalue weighted by Crippen LogP contribution is 2.26. The van der Waals surface area contributed by atoms with Crippen molar-refractivity contribution in [2.45, 2.75) is 32.4 Å². The molecule has 2 heterocycles. The Morgan fingerprint density at radius 1 is 1.21 bits per heavy atom. The summed E-state index contributed by atoms with van der Waals surface area (Å²) in [7, 11) is 3.51. The van der Waals surface area contributed by atoms with Gasteiger partial charge in [-0.3, -0.25) is 14.6 Å². The van der Waals surface area contributed by atoms with Crippen LogP contribution in [-0.2, 0) is 6.54 Å². The Bertz CT molecular complexity index is 755. The average Bonchev–Trinajstić information content (AvgIpc) is 3.39. The summed E-state index contributed by atoms with van der Waals surface area (Å²) in [4.78, 5) is 6.92. The molecule has 1 aliphatic rings. The number of benzene rings is 1. The summed E-state index contributed by atoms with van der Waals surface area (Å²) in [5, 5.41) is 11.2. The monoisotopic (exact) mass is 512 g/mol. The minimum atomic E-state index is 0. The predicted molar refractivity (Wildman–Crippen MR) is 128 cm³/mol. The maximum atomic E-state index is 5.31. The van der Waals surface area contributed by atoms with Gasteiger partial charge >= 0.3 is 0 Å². The van der Waals surface area contributed by atoms with Crippen molar-refractivity contribution in [3.63, 3.8) is 0 Å². The van der Waals surface area contributed by atoms with Crippen molar-refractivity contribution in [2.75, 3.05) is 40.3 Å². The minimum absolute atomic E-state index is 0. The molecule has 2 aromatic rings. The van der Waals surface area contributed by atoms with Crippen LogP contribution in [0.1, 0.15) is 30.0 Å². The molecule has 0 radical (unpaired) electrons. The van der Waals surface area contributed by atoms with Gasteiger partial charge in [0.25, 0.3) is 0 Å². The molecule has 8 heteroatoms. The molecule has 3 rings (SSSR count). The Kier molecular flexibility index (Phi) is 9.72. The van der Waals surface area contributed by atoms with Gasteiger partial charge in [-0.25, -0.2) is 0 Å². The SMILES string of the molecule is CN=C(NCCn1cc(C)cn1)NCC(c1ccc(OC)cc1)N1CCCC1.I. The van der Waals surface area contributed by atoms with Crippen LogP contribution in [0.5, 0.6) is 5.75 Å². The fourth-order valence-corrected chi connectivity index (χ4v) is 3.63. The number of methoxy groups -OCH3 is 1. The summed E-state index contributed by atoms with van der Waals surface area (Å²) >= 11 is 0. The minimum Gasteiger partial charge on any atom is -0.497 e. The predicted octanol–water partition coefficient (Wildman–Crippen LogP) is 2.82. The van der Waals surface area contributed by atoms with E-state index in [1.165, 1.54) is 24.0 Å². The van der Waals surface area contributed by atoms with Crippen molar-refractivity contribution in [2.24, 2.45) is 4.99 Å². The van der Waals surface area contributed by atoms with Crippen molar-refractivity contribution in [1.82, 2.24) is 25.3 Å². The number of likely N-dealkylation sites (tertiary alicyclic amines) is 1. The van der Waals surface area contributed by atoms with Crippen LogP contribution >= 0.6 is 24.0 Å². The molecule has 160 valence electrons. The third-order valence-electron chi connectivity index (χ3n) is 5.16. The van der Waals surface area contributed by atoms with E-state index < -0.39 is 0 Å². The van der Waals surface area contributed by atoms with E-state index in [0.717, 1.165) is 44.4 Å². The van der Waals surface area contributed by atoms with Crippen molar-refractivity contribution < 1.29 is 4.74 Å². The van der Waals surface area contributed by atoms with Gasteiger partial charge in [0, 0.05) is 26.3 Å². The molecule has 1 atom stereocenters. The third-order valence-corrected chi connectivity index (χ3v) is 5.16. The topological polar surface area (TPSA) is 66.7 Å². The molecular formula is C21H33IN6O. The summed E-state index contributed by atoms with van der Waals surface area (Å²) < 4.78 is 7.25. The first-order valence-corrected chi connectivity index (χ1v) is 10.0. The fourth-order valence-electron chi connectivity index (χ4n) is 3.63. The summed E-state index contributed by atoms with van der Waals surface area (Å²) in [6, 6.07) is 8.73. The summed E-state index contributed by atoms with van der Waals surface area (Å²) in [5.41, 5.74) is 2.48. The molecule has 0 spiro atoms. The standard InChI is InChI=1S/C21H32N6O.HI/c1-17-14-25-27(16-17)13-10-23-21(22-2)24-15-20(26-11-4-5-12-26)18-6-8-19(28-3)9-7-18;/h6-9,14,16,20H,4-5,10-13,15H2,1-3H3,(H2,22,23,24);1H. The second-order valence-electron chi connectivity index (χ2n) is 7.19. The number of hydrogen-bond donors (Lipinski definition) is 2. The lowest BCUT2D eigenvalue weighted by molar-refractivity contribution is 0.245. The van der Waals surface area contributed by atoms with E-state index in [9.17, 15) is 0 Å². The fraction of sp³-hybridized carbons (Fsp3) is 0.524. The zero-order valence-corrected chi connectivity index (χ0v) is 19.9. The van der Waals surface area contributed by atoms with Crippen LogP contribution in [0.3, 0.4) is 0 Å². The van der Waals surface area contributed by atoms with Gasteiger partial charge in [-0.05, 0) is 56.1 Å². The molecule has 2 N–H and O–H groups in total. The molecule has 1 unspecified atom stereocenters. The van der Waals surface area contributed by atoms with Gasteiger partial charge in [-0.1, -0.05) is 12.1 Å². The van der Waals surface area contributed by atoms with E-state index in [1.54, 1.807) is 7.11 Å². The van der Waals surface area contributed by atoms with E-state index in [2.05, 4.69) is 44.7 Å². The highest BCUT2D eigenvalue weighted by molar-refractivity contribution is 14.0. The van der Waals surface area contributed by atoms with Crippen molar-refractivity contribution in [1.29, 1.82) is 0 Å². The Morgan fingerprint density at radius 2 is 1.93 bits per heavy atom. The molecule has 29 heavy (non-hydrogen) atoms. The highest BCUT2D eigenvalue weighted by atomic mass is 127. The molecule has 0 aliphatic carbocycles. The van der Waals surface area contributed by atoms with Gasteiger partial charge in [0.2, 0.25) is 0 Å². The number of nitrogens with one attached hydrogen (secondary N) is 2. The lowest BCUT2D eigenvalue weighted by atomic mass is 10.1. The lowest BCUT2D eigenvalue weighted by Gasteiger charge is -2.29. The van der Waals surface area contributed by atoms with Gasteiger partial charge in [-0.15, -0.1) is 24.0 Å². The summed E-state index contributed by atoms with van der Waals surface area (Å²) in [6.45, 7) is 6.73. The molecule has 1 aromatic heterocycles. The second-order valence-corrected chi connectivity index (χ2v) is 7.19. The normalized spacial score (nSPS) is 15.6. The molecule has 1 saturated heterocycles. The van der Waals surface area contributed by atoms with Crippen LogP contribution in [-0.4, -0.2) is 61.0 Å². The molecule has 7 nitrogen and oxygen atoms in total. The molecule has 1 aliphatic heterocycles. The van der Waals surface area contributed by atoms with Gasteiger partial charge < -0.3 is 15.4 Å². The maximum absolute atomic E-state index is 5.31. The first-order chi connectivity index (χ1) is 13.7. The lowest BCUT2D eigenvalue weighted by Crippen LogP contribution is -2.43. The largest absolute Gasteiger partial charge is 0.497 e. The summed E-state index contributed by atoms with van der Waals surface area (Å²) in [5.74, 6) is 1.71.